The molecule has 1 atom stereocenters. The van der Waals surface area contributed by atoms with Crippen molar-refractivity contribution < 1.29 is 19.1 Å². The maximum absolute atomic E-state index is 10.5. The number of aliphatic hydroxyl groups excluding tert-OH is 1. The molecule has 3 N–H and O–H groups in total. The van der Waals surface area contributed by atoms with E-state index in [1.807, 2.05) is 0 Å². The number of furan rings is 1. The summed E-state index contributed by atoms with van der Waals surface area (Å²) < 4.78 is 10.1. The first-order chi connectivity index (χ1) is 7.11. The molecule has 0 aliphatic rings. The Morgan fingerprint density at radius 1 is 1.60 bits per heavy atom. The number of carbonyl (C=O) groups excluding carboxylic acids is 1. The lowest BCUT2D eigenvalue weighted by Gasteiger charge is -2.04. The topological polar surface area (TPSA) is 85.7 Å². The second kappa shape index (κ2) is 5.53. The molecular weight excluding hydrogens is 198 g/mol. The molecule has 0 amide bonds. The molecule has 5 nitrogen and oxygen atoms in total. The lowest BCUT2D eigenvalue weighted by atomic mass is 10.2. The number of rotatable bonds is 5. The Kier molecular flexibility index (Phi) is 4.33. The van der Waals surface area contributed by atoms with E-state index in [1.165, 1.54) is 6.92 Å². The third-order valence-corrected chi connectivity index (χ3v) is 1.83. The van der Waals surface area contributed by atoms with Gasteiger partial charge in [-0.25, -0.2) is 0 Å². The largest absolute Gasteiger partial charge is 0.462 e. The molecule has 1 unspecified atom stereocenters. The lowest BCUT2D eigenvalue weighted by Crippen LogP contribution is -2.26. The number of nitrogens with two attached hydrogens (primary N) is 1. The summed E-state index contributed by atoms with van der Waals surface area (Å²) in [4.78, 5) is 10.5. The molecule has 15 heavy (non-hydrogen) atoms. The second-order valence-corrected chi connectivity index (χ2v) is 3.30. The number of hydrogen-bond donors (Lipinski definition) is 2. The maximum Gasteiger partial charge on any atom is 0.303 e. The van der Waals surface area contributed by atoms with Gasteiger partial charge in [0.15, 0.2) is 0 Å². The Hall–Kier alpha value is -1.33. The SMILES string of the molecule is CC(=O)OCc1ccc(CC(N)CO)o1. The summed E-state index contributed by atoms with van der Waals surface area (Å²) in [5.74, 6) is 0.907. The molecule has 1 aromatic rings. The molecule has 0 aliphatic heterocycles. The van der Waals surface area contributed by atoms with E-state index in [4.69, 9.17) is 20.0 Å². The Balaban J connectivity index is 2.45. The molecule has 0 radical (unpaired) electrons. The van der Waals surface area contributed by atoms with Crippen LogP contribution < -0.4 is 5.73 Å². The van der Waals surface area contributed by atoms with Gasteiger partial charge in [0.1, 0.15) is 18.1 Å². The van der Waals surface area contributed by atoms with Crippen molar-refractivity contribution in [2.45, 2.75) is 26.0 Å². The Morgan fingerprint density at radius 2 is 2.27 bits per heavy atom. The highest BCUT2D eigenvalue weighted by Crippen LogP contribution is 2.10. The smallest absolute Gasteiger partial charge is 0.303 e. The number of hydrogen-bond acceptors (Lipinski definition) is 5. The second-order valence-electron chi connectivity index (χ2n) is 3.30. The van der Waals surface area contributed by atoms with Crippen molar-refractivity contribution >= 4 is 5.97 Å². The lowest BCUT2D eigenvalue weighted by molar-refractivity contribution is -0.142. The first kappa shape index (κ1) is 11.7. The molecule has 0 saturated carbocycles. The quantitative estimate of drug-likeness (QED) is 0.682. The van der Waals surface area contributed by atoms with Crippen LogP contribution in [0, 0.1) is 0 Å². The van der Waals surface area contributed by atoms with Gasteiger partial charge in [0, 0.05) is 19.4 Å². The minimum absolute atomic E-state index is 0.0834. The predicted molar refractivity (Wildman–Crippen MR) is 52.9 cm³/mol. The Morgan fingerprint density at radius 3 is 2.87 bits per heavy atom. The first-order valence-electron chi connectivity index (χ1n) is 4.69. The van der Waals surface area contributed by atoms with E-state index in [1.54, 1.807) is 12.1 Å². The molecule has 5 heteroatoms. The summed E-state index contributed by atoms with van der Waals surface area (Å²) in [5, 5.41) is 8.74. The van der Waals surface area contributed by atoms with Crippen LogP contribution in [-0.2, 0) is 22.6 Å². The van der Waals surface area contributed by atoms with Crippen LogP contribution in [0.1, 0.15) is 18.4 Å². The van der Waals surface area contributed by atoms with Crippen molar-refractivity contribution in [3.63, 3.8) is 0 Å². The van der Waals surface area contributed by atoms with E-state index in [2.05, 4.69) is 0 Å². The fraction of sp³-hybridized carbons (Fsp3) is 0.500. The van der Waals surface area contributed by atoms with Gasteiger partial charge < -0.3 is 20.0 Å². The van der Waals surface area contributed by atoms with Crippen LogP contribution in [0.2, 0.25) is 0 Å². The fourth-order valence-corrected chi connectivity index (χ4v) is 1.11. The summed E-state index contributed by atoms with van der Waals surface area (Å²) in [6.45, 7) is 1.38. The van der Waals surface area contributed by atoms with Gasteiger partial charge in [-0.15, -0.1) is 0 Å². The highest BCUT2D eigenvalue weighted by molar-refractivity contribution is 5.65. The van der Waals surface area contributed by atoms with Crippen molar-refractivity contribution in [1.82, 2.24) is 0 Å². The van der Waals surface area contributed by atoms with Crippen LogP contribution in [0.25, 0.3) is 0 Å². The van der Waals surface area contributed by atoms with Gasteiger partial charge in [0.05, 0.1) is 6.61 Å². The summed E-state index contributed by atoms with van der Waals surface area (Å²) in [6, 6.07) is 3.16. The van der Waals surface area contributed by atoms with E-state index < -0.39 is 0 Å². The van der Waals surface area contributed by atoms with Gasteiger partial charge in [-0.2, -0.15) is 0 Å². The molecule has 1 heterocycles. The Labute approximate surface area is 87.8 Å². The van der Waals surface area contributed by atoms with Crippen molar-refractivity contribution in [3.8, 4) is 0 Å². The van der Waals surface area contributed by atoms with Crippen LogP contribution in [0.4, 0.5) is 0 Å². The van der Waals surface area contributed by atoms with E-state index in [0.717, 1.165) is 0 Å². The molecule has 1 aromatic heterocycles. The third kappa shape index (κ3) is 4.14. The van der Waals surface area contributed by atoms with Gasteiger partial charge in [-0.3, -0.25) is 4.79 Å². The zero-order valence-electron chi connectivity index (χ0n) is 8.60. The maximum atomic E-state index is 10.5. The molecule has 0 bridgehead atoms. The molecule has 84 valence electrons. The molecule has 0 aromatic carbocycles. The molecule has 0 fully saturated rings. The highest BCUT2D eigenvalue weighted by atomic mass is 16.5. The van der Waals surface area contributed by atoms with E-state index in [0.29, 0.717) is 17.9 Å². The van der Waals surface area contributed by atoms with Crippen LogP contribution in [0.3, 0.4) is 0 Å². The summed E-state index contributed by atoms with van der Waals surface area (Å²) in [7, 11) is 0. The van der Waals surface area contributed by atoms with Gasteiger partial charge in [-0.1, -0.05) is 0 Å². The minimum atomic E-state index is -0.347. The molecule has 0 spiro atoms. The minimum Gasteiger partial charge on any atom is -0.462 e. The average Bonchev–Trinajstić information content (AvgIpc) is 2.62. The van der Waals surface area contributed by atoms with Gasteiger partial charge in [0.2, 0.25) is 0 Å². The van der Waals surface area contributed by atoms with Crippen molar-refractivity contribution in [3.05, 3.63) is 23.7 Å². The summed E-state index contributed by atoms with van der Waals surface area (Å²) >= 11 is 0. The van der Waals surface area contributed by atoms with E-state index >= 15 is 0 Å². The van der Waals surface area contributed by atoms with Crippen LogP contribution in [0.15, 0.2) is 16.5 Å². The van der Waals surface area contributed by atoms with Crippen molar-refractivity contribution in [1.29, 1.82) is 0 Å². The average molecular weight is 213 g/mol. The molecular formula is C10H15NO4. The number of aliphatic hydroxyl groups is 1. The number of carbonyl (C=O) groups is 1. The van der Waals surface area contributed by atoms with Crippen LogP contribution in [0.5, 0.6) is 0 Å². The first-order valence-corrected chi connectivity index (χ1v) is 4.69. The zero-order valence-corrected chi connectivity index (χ0v) is 8.60. The highest BCUT2D eigenvalue weighted by Gasteiger charge is 2.07. The van der Waals surface area contributed by atoms with E-state index in [9.17, 15) is 4.79 Å². The standard InChI is InChI=1S/C10H15NO4/c1-7(13)14-6-10-3-2-9(15-10)4-8(11)5-12/h2-3,8,12H,4-6,11H2,1H3. The van der Waals surface area contributed by atoms with Crippen LogP contribution in [-0.4, -0.2) is 23.7 Å². The molecule has 0 aliphatic carbocycles. The number of ether oxygens (including phenoxy) is 1. The zero-order chi connectivity index (χ0) is 11.3. The predicted octanol–water partition coefficient (Wildman–Crippen LogP) is 0.205. The van der Waals surface area contributed by atoms with Crippen molar-refractivity contribution in [2.24, 2.45) is 5.73 Å². The fourth-order valence-electron chi connectivity index (χ4n) is 1.11. The summed E-state index contributed by atoms with van der Waals surface area (Å²) in [6.07, 6.45) is 0.469. The van der Waals surface area contributed by atoms with Gasteiger partial charge >= 0.3 is 5.97 Å². The normalized spacial score (nSPS) is 12.5. The van der Waals surface area contributed by atoms with Gasteiger partial charge in [-0.05, 0) is 12.1 Å². The third-order valence-electron chi connectivity index (χ3n) is 1.83. The van der Waals surface area contributed by atoms with Crippen molar-refractivity contribution in [2.75, 3.05) is 6.61 Å². The van der Waals surface area contributed by atoms with Gasteiger partial charge in [0.25, 0.3) is 0 Å². The molecule has 1 rings (SSSR count). The number of esters is 1. The van der Waals surface area contributed by atoms with E-state index in [-0.39, 0.29) is 25.2 Å². The monoisotopic (exact) mass is 213 g/mol. The molecule has 0 saturated heterocycles. The summed E-state index contributed by atoms with van der Waals surface area (Å²) in [5.41, 5.74) is 5.54. The Bertz CT molecular complexity index is 321. The van der Waals surface area contributed by atoms with Crippen LogP contribution >= 0.6 is 0 Å².